The van der Waals surface area contributed by atoms with Gasteiger partial charge in [0.05, 0.1) is 6.54 Å². The first-order chi connectivity index (χ1) is 9.06. The fourth-order valence-electron chi connectivity index (χ4n) is 1.56. The molecule has 0 aliphatic heterocycles. The molecule has 1 atom stereocenters. The molecule has 0 amide bonds. The molecule has 1 aromatic carbocycles. The Bertz CT molecular complexity index is 435. The molecule has 0 saturated carbocycles. The summed E-state index contributed by atoms with van der Waals surface area (Å²) in [4.78, 5) is 4.47. The number of rotatable bonds is 5. The van der Waals surface area contributed by atoms with Gasteiger partial charge >= 0.3 is 0 Å². The normalized spacial score (nSPS) is 12.6. The summed E-state index contributed by atoms with van der Waals surface area (Å²) in [5, 5.41) is 6.50. The zero-order valence-corrected chi connectivity index (χ0v) is 15.0. The van der Waals surface area contributed by atoms with Crippen molar-refractivity contribution in [3.8, 4) is 0 Å². The molecule has 5 heteroatoms. The molecule has 0 fully saturated rings. The molecule has 3 nitrogen and oxygen atoms in total. The first kappa shape index (κ1) is 19.1. The lowest BCUT2D eigenvalue weighted by atomic mass is 10.1. The average Bonchev–Trinajstić information content (AvgIpc) is 2.40. The summed E-state index contributed by atoms with van der Waals surface area (Å²) in [7, 11) is 0. The van der Waals surface area contributed by atoms with Gasteiger partial charge in [-0.2, -0.15) is 0 Å². The zero-order valence-electron chi connectivity index (χ0n) is 12.7. The Morgan fingerprint density at radius 2 is 2.05 bits per heavy atom. The smallest absolute Gasteiger partial charge is 0.191 e. The standard InChI is InChI=1S/C15H24FN3.HI/c1-5-12(4)19-15(17-6-2)18-10-13-8-7-11(3)14(16)9-13;/h7-9,12H,5-6,10H2,1-4H3,(H2,17,18,19);1H. The fraction of sp³-hybridized carbons (Fsp3) is 0.533. The van der Waals surface area contributed by atoms with Crippen LogP contribution in [0.1, 0.15) is 38.3 Å². The van der Waals surface area contributed by atoms with Gasteiger partial charge in [0.25, 0.3) is 0 Å². The number of aryl methyl sites for hydroxylation is 1. The quantitative estimate of drug-likeness (QED) is 0.456. The minimum atomic E-state index is -0.174. The van der Waals surface area contributed by atoms with Crippen LogP contribution >= 0.6 is 24.0 Å². The van der Waals surface area contributed by atoms with Crippen molar-refractivity contribution in [2.45, 2.75) is 46.7 Å². The second-order valence-corrected chi connectivity index (χ2v) is 4.73. The van der Waals surface area contributed by atoms with Gasteiger partial charge < -0.3 is 10.6 Å². The molecule has 0 saturated heterocycles. The fourth-order valence-corrected chi connectivity index (χ4v) is 1.56. The number of hydrogen-bond donors (Lipinski definition) is 2. The average molecular weight is 393 g/mol. The molecule has 0 aliphatic carbocycles. The first-order valence-corrected chi connectivity index (χ1v) is 6.86. The second-order valence-electron chi connectivity index (χ2n) is 4.73. The highest BCUT2D eigenvalue weighted by Gasteiger charge is 2.03. The van der Waals surface area contributed by atoms with E-state index in [1.54, 1.807) is 19.1 Å². The number of aliphatic imine (C=N–C) groups is 1. The lowest BCUT2D eigenvalue weighted by molar-refractivity contribution is 0.614. The van der Waals surface area contributed by atoms with E-state index in [-0.39, 0.29) is 29.8 Å². The molecule has 0 radical (unpaired) electrons. The van der Waals surface area contributed by atoms with Crippen molar-refractivity contribution < 1.29 is 4.39 Å². The molecule has 0 aliphatic rings. The van der Waals surface area contributed by atoms with Gasteiger partial charge in [-0.25, -0.2) is 9.38 Å². The molecular formula is C15H25FIN3. The summed E-state index contributed by atoms with van der Waals surface area (Å²) in [6, 6.07) is 5.61. The van der Waals surface area contributed by atoms with Gasteiger partial charge in [0.15, 0.2) is 5.96 Å². The largest absolute Gasteiger partial charge is 0.357 e. The number of nitrogens with one attached hydrogen (secondary N) is 2. The van der Waals surface area contributed by atoms with Crippen molar-refractivity contribution in [3.63, 3.8) is 0 Å². The number of guanidine groups is 1. The van der Waals surface area contributed by atoms with Crippen LogP contribution in [0.2, 0.25) is 0 Å². The van der Waals surface area contributed by atoms with Crippen LogP contribution in [0.15, 0.2) is 23.2 Å². The SMILES string of the molecule is CCNC(=NCc1ccc(C)c(F)c1)NC(C)CC.I. The predicted molar refractivity (Wildman–Crippen MR) is 94.3 cm³/mol. The summed E-state index contributed by atoms with van der Waals surface area (Å²) in [6.07, 6.45) is 1.03. The Morgan fingerprint density at radius 3 is 2.60 bits per heavy atom. The Balaban J connectivity index is 0.00000361. The summed E-state index contributed by atoms with van der Waals surface area (Å²) >= 11 is 0. The van der Waals surface area contributed by atoms with Crippen LogP contribution in [-0.2, 0) is 6.54 Å². The van der Waals surface area contributed by atoms with E-state index in [2.05, 4.69) is 29.5 Å². The van der Waals surface area contributed by atoms with Crippen molar-refractivity contribution in [3.05, 3.63) is 35.1 Å². The van der Waals surface area contributed by atoms with Gasteiger partial charge in [-0.3, -0.25) is 0 Å². The van der Waals surface area contributed by atoms with Crippen LogP contribution in [0, 0.1) is 12.7 Å². The lowest BCUT2D eigenvalue weighted by Crippen LogP contribution is -2.41. The topological polar surface area (TPSA) is 36.4 Å². The zero-order chi connectivity index (χ0) is 14.3. The Labute approximate surface area is 138 Å². The monoisotopic (exact) mass is 393 g/mol. The molecule has 1 rings (SSSR count). The van der Waals surface area contributed by atoms with Crippen LogP contribution in [-0.4, -0.2) is 18.5 Å². The summed E-state index contributed by atoms with van der Waals surface area (Å²) in [5.41, 5.74) is 1.54. The van der Waals surface area contributed by atoms with E-state index in [1.807, 2.05) is 13.0 Å². The Kier molecular flexibility index (Phi) is 9.54. The lowest BCUT2D eigenvalue weighted by Gasteiger charge is -2.16. The molecule has 114 valence electrons. The minimum absolute atomic E-state index is 0. The van der Waals surface area contributed by atoms with Crippen molar-refractivity contribution in [1.29, 1.82) is 0 Å². The Morgan fingerprint density at radius 1 is 1.35 bits per heavy atom. The maximum absolute atomic E-state index is 13.4. The van der Waals surface area contributed by atoms with Crippen molar-refractivity contribution >= 4 is 29.9 Å². The van der Waals surface area contributed by atoms with E-state index in [0.717, 1.165) is 24.5 Å². The number of nitrogens with zero attached hydrogens (tertiary/aromatic N) is 1. The summed E-state index contributed by atoms with van der Waals surface area (Å²) < 4.78 is 13.4. The van der Waals surface area contributed by atoms with Gasteiger partial charge in [0, 0.05) is 12.6 Å². The molecule has 0 aromatic heterocycles. The maximum atomic E-state index is 13.4. The molecular weight excluding hydrogens is 368 g/mol. The van der Waals surface area contributed by atoms with Crippen molar-refractivity contribution in [2.75, 3.05) is 6.54 Å². The molecule has 0 bridgehead atoms. The highest BCUT2D eigenvalue weighted by atomic mass is 127. The molecule has 1 aromatic rings. The van der Waals surface area contributed by atoms with Crippen LogP contribution in [0.25, 0.3) is 0 Å². The molecule has 0 heterocycles. The third-order valence-corrected chi connectivity index (χ3v) is 3.00. The van der Waals surface area contributed by atoms with E-state index in [4.69, 9.17) is 0 Å². The van der Waals surface area contributed by atoms with Crippen LogP contribution < -0.4 is 10.6 Å². The van der Waals surface area contributed by atoms with E-state index in [9.17, 15) is 4.39 Å². The van der Waals surface area contributed by atoms with Crippen LogP contribution in [0.4, 0.5) is 4.39 Å². The van der Waals surface area contributed by atoms with Gasteiger partial charge in [-0.15, -0.1) is 24.0 Å². The van der Waals surface area contributed by atoms with Crippen molar-refractivity contribution in [2.24, 2.45) is 4.99 Å². The summed E-state index contributed by atoms with van der Waals surface area (Å²) in [6.45, 7) is 9.30. The van der Waals surface area contributed by atoms with E-state index in [1.165, 1.54) is 0 Å². The second kappa shape index (κ2) is 9.96. The minimum Gasteiger partial charge on any atom is -0.357 e. The van der Waals surface area contributed by atoms with Crippen LogP contribution in [0.3, 0.4) is 0 Å². The highest BCUT2D eigenvalue weighted by molar-refractivity contribution is 14.0. The van der Waals surface area contributed by atoms with E-state index >= 15 is 0 Å². The predicted octanol–water partition coefficient (Wildman–Crippen LogP) is 3.61. The summed E-state index contributed by atoms with van der Waals surface area (Å²) in [5.74, 6) is 0.602. The first-order valence-electron chi connectivity index (χ1n) is 6.86. The molecule has 2 N–H and O–H groups in total. The van der Waals surface area contributed by atoms with Gasteiger partial charge in [0.2, 0.25) is 0 Å². The number of hydrogen-bond acceptors (Lipinski definition) is 1. The molecule has 0 spiro atoms. The highest BCUT2D eigenvalue weighted by Crippen LogP contribution is 2.09. The number of benzene rings is 1. The van der Waals surface area contributed by atoms with Gasteiger partial charge in [-0.1, -0.05) is 19.1 Å². The van der Waals surface area contributed by atoms with Gasteiger partial charge in [0.1, 0.15) is 5.82 Å². The van der Waals surface area contributed by atoms with Crippen LogP contribution in [0.5, 0.6) is 0 Å². The van der Waals surface area contributed by atoms with Gasteiger partial charge in [-0.05, 0) is 44.4 Å². The maximum Gasteiger partial charge on any atom is 0.191 e. The third-order valence-electron chi connectivity index (χ3n) is 3.00. The molecule has 20 heavy (non-hydrogen) atoms. The number of halogens is 2. The van der Waals surface area contributed by atoms with E-state index in [0.29, 0.717) is 18.2 Å². The molecule has 1 unspecified atom stereocenters. The van der Waals surface area contributed by atoms with Crippen molar-refractivity contribution in [1.82, 2.24) is 10.6 Å². The van der Waals surface area contributed by atoms with E-state index < -0.39 is 0 Å². The third kappa shape index (κ3) is 6.54. The Hall–Kier alpha value is -0.850.